The third-order valence-corrected chi connectivity index (χ3v) is 4.66. The van der Waals surface area contributed by atoms with Gasteiger partial charge in [-0.15, -0.1) is 0 Å². The second-order valence-electron chi connectivity index (χ2n) is 6.03. The highest BCUT2D eigenvalue weighted by atomic mass is 32.1. The fraction of sp³-hybridized carbons (Fsp3) is 0.286. The molecule has 3 rings (SSSR count). The smallest absolute Gasteiger partial charge is 0.124 e. The van der Waals surface area contributed by atoms with Crippen LogP contribution in [0.5, 0.6) is 5.75 Å². The molecule has 0 heterocycles. The van der Waals surface area contributed by atoms with Gasteiger partial charge in [0.2, 0.25) is 0 Å². The summed E-state index contributed by atoms with van der Waals surface area (Å²) in [6.45, 7) is 0.669. The van der Waals surface area contributed by atoms with Crippen molar-refractivity contribution in [2.75, 3.05) is 12.4 Å². The van der Waals surface area contributed by atoms with E-state index in [-0.39, 0.29) is 0 Å². The van der Waals surface area contributed by atoms with E-state index in [9.17, 15) is 4.79 Å². The summed E-state index contributed by atoms with van der Waals surface area (Å²) in [6.07, 6.45) is 5.56. The standard InChI is InChI=1S/C21H22O2S/c22-10-9-17-14-18(13-16-5-2-1-3-6-16)20-8-7-19(15-21(17)20)23-11-4-12-24/h1-3,5-8,10,14-15,18,24H,4,9,11-13H2. The van der Waals surface area contributed by atoms with Crippen LogP contribution in [0.15, 0.2) is 54.6 Å². The number of hydrogen-bond donors (Lipinski definition) is 1. The molecule has 1 unspecified atom stereocenters. The lowest BCUT2D eigenvalue weighted by Crippen LogP contribution is -2.01. The first-order valence-electron chi connectivity index (χ1n) is 8.38. The molecule has 2 aromatic rings. The van der Waals surface area contributed by atoms with Gasteiger partial charge in [-0.05, 0) is 53.0 Å². The molecule has 0 saturated heterocycles. The van der Waals surface area contributed by atoms with Crippen LogP contribution in [0.1, 0.15) is 35.4 Å². The molecule has 24 heavy (non-hydrogen) atoms. The van der Waals surface area contributed by atoms with E-state index in [4.69, 9.17) is 4.74 Å². The second kappa shape index (κ2) is 8.20. The second-order valence-corrected chi connectivity index (χ2v) is 6.48. The fourth-order valence-corrected chi connectivity index (χ4v) is 3.34. The van der Waals surface area contributed by atoms with E-state index in [2.05, 4.69) is 55.1 Å². The molecule has 0 spiro atoms. The molecular formula is C21H22O2S. The number of fused-ring (bicyclic) bond motifs is 1. The first-order chi connectivity index (χ1) is 11.8. The normalized spacial score (nSPS) is 15.7. The molecule has 0 N–H and O–H groups in total. The third-order valence-electron chi connectivity index (χ3n) is 4.35. The lowest BCUT2D eigenvalue weighted by atomic mass is 9.93. The van der Waals surface area contributed by atoms with E-state index >= 15 is 0 Å². The average molecular weight is 338 g/mol. The predicted octanol–water partition coefficient (Wildman–Crippen LogP) is 4.70. The summed E-state index contributed by atoms with van der Waals surface area (Å²) in [7, 11) is 0. The van der Waals surface area contributed by atoms with Gasteiger partial charge in [0, 0.05) is 12.3 Å². The van der Waals surface area contributed by atoms with E-state index in [0.29, 0.717) is 18.9 Å². The van der Waals surface area contributed by atoms with Crippen molar-refractivity contribution in [2.45, 2.75) is 25.2 Å². The van der Waals surface area contributed by atoms with Crippen LogP contribution in [0.25, 0.3) is 5.57 Å². The lowest BCUT2D eigenvalue weighted by Gasteiger charge is -2.13. The zero-order valence-corrected chi connectivity index (χ0v) is 14.5. The van der Waals surface area contributed by atoms with Crippen LogP contribution < -0.4 is 4.74 Å². The molecule has 0 radical (unpaired) electrons. The minimum absolute atomic E-state index is 0.323. The summed E-state index contributed by atoms with van der Waals surface area (Å²) in [4.78, 5) is 11.1. The Morgan fingerprint density at radius 1 is 1.12 bits per heavy atom. The van der Waals surface area contributed by atoms with Gasteiger partial charge in [0.1, 0.15) is 12.0 Å². The third kappa shape index (κ3) is 3.90. The highest BCUT2D eigenvalue weighted by molar-refractivity contribution is 7.80. The van der Waals surface area contributed by atoms with Gasteiger partial charge in [0.25, 0.3) is 0 Å². The number of benzene rings is 2. The Hall–Kier alpha value is -2.00. The number of rotatable bonds is 8. The summed E-state index contributed by atoms with van der Waals surface area (Å²) < 4.78 is 5.79. The van der Waals surface area contributed by atoms with E-state index < -0.39 is 0 Å². The van der Waals surface area contributed by atoms with Crippen molar-refractivity contribution in [2.24, 2.45) is 0 Å². The van der Waals surface area contributed by atoms with Crippen LogP contribution in [0.2, 0.25) is 0 Å². The van der Waals surface area contributed by atoms with Crippen LogP contribution in [0.4, 0.5) is 0 Å². The summed E-state index contributed by atoms with van der Waals surface area (Å²) >= 11 is 4.21. The summed E-state index contributed by atoms with van der Waals surface area (Å²) in [5.74, 6) is 2.01. The number of thiol groups is 1. The molecule has 124 valence electrons. The Morgan fingerprint density at radius 2 is 1.96 bits per heavy atom. The van der Waals surface area contributed by atoms with Crippen molar-refractivity contribution in [3.63, 3.8) is 0 Å². The largest absolute Gasteiger partial charge is 0.494 e. The quantitative estimate of drug-likeness (QED) is 0.429. The monoisotopic (exact) mass is 338 g/mol. The lowest BCUT2D eigenvalue weighted by molar-refractivity contribution is -0.107. The minimum Gasteiger partial charge on any atom is -0.494 e. The van der Waals surface area contributed by atoms with Gasteiger partial charge in [-0.25, -0.2) is 0 Å². The Bertz CT molecular complexity index is 722. The molecule has 0 saturated carbocycles. The van der Waals surface area contributed by atoms with E-state index in [0.717, 1.165) is 41.8 Å². The number of hydrogen-bond acceptors (Lipinski definition) is 3. The van der Waals surface area contributed by atoms with Gasteiger partial charge in [-0.3, -0.25) is 0 Å². The first kappa shape index (κ1) is 16.8. The molecule has 2 nitrogen and oxygen atoms in total. The molecule has 0 aliphatic heterocycles. The Balaban J connectivity index is 1.83. The van der Waals surface area contributed by atoms with Crippen LogP contribution in [-0.4, -0.2) is 18.6 Å². The van der Waals surface area contributed by atoms with Crippen molar-refractivity contribution in [3.05, 3.63) is 71.3 Å². The number of allylic oxidation sites excluding steroid dienone is 2. The van der Waals surface area contributed by atoms with Gasteiger partial charge < -0.3 is 9.53 Å². The molecule has 0 bridgehead atoms. The zero-order valence-electron chi connectivity index (χ0n) is 13.7. The molecule has 0 amide bonds. The highest BCUT2D eigenvalue weighted by Crippen LogP contribution is 2.40. The van der Waals surface area contributed by atoms with Crippen LogP contribution in [-0.2, 0) is 11.2 Å². The molecule has 0 fully saturated rings. The van der Waals surface area contributed by atoms with Gasteiger partial charge in [-0.1, -0.05) is 42.5 Å². The van der Waals surface area contributed by atoms with Gasteiger partial charge in [-0.2, -0.15) is 12.6 Å². The van der Waals surface area contributed by atoms with Crippen molar-refractivity contribution in [3.8, 4) is 5.75 Å². The van der Waals surface area contributed by atoms with E-state index in [1.807, 2.05) is 12.1 Å². The Morgan fingerprint density at radius 3 is 2.71 bits per heavy atom. The van der Waals surface area contributed by atoms with Crippen molar-refractivity contribution in [1.82, 2.24) is 0 Å². The van der Waals surface area contributed by atoms with Crippen molar-refractivity contribution >= 4 is 24.5 Å². The highest BCUT2D eigenvalue weighted by Gasteiger charge is 2.23. The van der Waals surface area contributed by atoms with E-state index in [1.54, 1.807) is 0 Å². The molecule has 3 heteroatoms. The zero-order chi connectivity index (χ0) is 16.8. The Labute approximate surface area is 149 Å². The topological polar surface area (TPSA) is 26.3 Å². The van der Waals surface area contributed by atoms with Gasteiger partial charge >= 0.3 is 0 Å². The average Bonchev–Trinajstić information content (AvgIpc) is 2.94. The summed E-state index contributed by atoms with van der Waals surface area (Å²) in [5, 5.41) is 0. The SMILES string of the molecule is O=CCC1=CC(Cc2ccccc2)c2ccc(OCCCS)cc21. The van der Waals surface area contributed by atoms with Crippen LogP contribution >= 0.6 is 12.6 Å². The molecule has 1 aliphatic carbocycles. The van der Waals surface area contributed by atoms with Crippen molar-refractivity contribution in [1.29, 1.82) is 0 Å². The molecule has 0 aromatic heterocycles. The molecule has 1 atom stereocenters. The molecular weight excluding hydrogens is 316 g/mol. The number of carbonyl (C=O) groups excluding carboxylic acids is 1. The molecule has 1 aliphatic rings. The van der Waals surface area contributed by atoms with Crippen LogP contribution in [0, 0.1) is 0 Å². The number of carbonyl (C=O) groups is 1. The molecule has 2 aromatic carbocycles. The number of ether oxygens (including phenoxy) is 1. The maximum atomic E-state index is 11.1. The summed E-state index contributed by atoms with van der Waals surface area (Å²) in [6, 6.07) is 16.7. The van der Waals surface area contributed by atoms with Crippen molar-refractivity contribution < 1.29 is 9.53 Å². The fourth-order valence-electron chi connectivity index (χ4n) is 3.21. The maximum Gasteiger partial charge on any atom is 0.124 e. The van der Waals surface area contributed by atoms with Crippen LogP contribution in [0.3, 0.4) is 0 Å². The van der Waals surface area contributed by atoms with E-state index in [1.165, 1.54) is 11.1 Å². The van der Waals surface area contributed by atoms with Gasteiger partial charge in [0.15, 0.2) is 0 Å². The Kier molecular flexibility index (Phi) is 5.76. The maximum absolute atomic E-state index is 11.1. The predicted molar refractivity (Wildman–Crippen MR) is 102 cm³/mol. The number of aldehydes is 1. The van der Waals surface area contributed by atoms with Gasteiger partial charge in [0.05, 0.1) is 6.61 Å². The first-order valence-corrected chi connectivity index (χ1v) is 9.01. The summed E-state index contributed by atoms with van der Waals surface area (Å²) in [5.41, 5.74) is 4.87. The minimum atomic E-state index is 0.323.